The molecule has 10 aromatic carbocycles. The van der Waals surface area contributed by atoms with E-state index in [2.05, 4.69) is 196 Å². The van der Waals surface area contributed by atoms with E-state index < -0.39 is 0 Å². The van der Waals surface area contributed by atoms with Crippen molar-refractivity contribution in [3.05, 3.63) is 193 Å². The Bertz CT molecular complexity index is 3700. The van der Waals surface area contributed by atoms with Gasteiger partial charge in [-0.2, -0.15) is 0 Å². The molecule has 13 rings (SSSR count). The van der Waals surface area contributed by atoms with Crippen LogP contribution in [0.3, 0.4) is 0 Å². The van der Waals surface area contributed by atoms with Gasteiger partial charge in [-0.05, 0) is 113 Å². The zero-order valence-corrected chi connectivity index (χ0v) is 34.3. The van der Waals surface area contributed by atoms with Crippen molar-refractivity contribution in [3.8, 4) is 44.5 Å². The molecule has 2 aromatic heterocycles. The Balaban J connectivity index is 1.02. The maximum absolute atomic E-state index is 2.51. The molecule has 0 saturated carbocycles. The summed E-state index contributed by atoms with van der Waals surface area (Å²) in [5.74, 6) is 0. The first-order valence-corrected chi connectivity index (χ1v) is 22.1. The van der Waals surface area contributed by atoms with Crippen LogP contribution in [0.5, 0.6) is 0 Å². The van der Waals surface area contributed by atoms with E-state index in [1.165, 1.54) is 128 Å². The van der Waals surface area contributed by atoms with Gasteiger partial charge in [-0.1, -0.05) is 166 Å². The maximum Gasteiger partial charge on any atom is 0.0441 e. The highest BCUT2D eigenvalue weighted by atomic mass is 32.1. The zero-order valence-electron chi connectivity index (χ0n) is 32.6. The van der Waals surface area contributed by atoms with E-state index >= 15 is 0 Å². The van der Waals surface area contributed by atoms with Gasteiger partial charge in [-0.25, -0.2) is 0 Å². The fourth-order valence-electron chi connectivity index (χ4n) is 10.6. The molecule has 0 fully saturated rings. The molecule has 0 atom stereocenters. The van der Waals surface area contributed by atoms with Gasteiger partial charge in [-0.15, -0.1) is 22.7 Å². The van der Waals surface area contributed by atoms with Crippen LogP contribution in [-0.4, -0.2) is 0 Å². The SMILES string of the molecule is CC1(C)c2ccc(-c3cc4sc5ccccc5c4c4c3sc3ccccc34)cc2-c2ccc(-c3c4ccccc4c(-c4cccc5ccccc45)c4ccccc34)cc21. The van der Waals surface area contributed by atoms with Crippen molar-refractivity contribution in [2.45, 2.75) is 19.3 Å². The molecule has 59 heavy (non-hydrogen) atoms. The standard InChI is InChI=1S/C57H36S2/c1-57(2)47-29-27-34(45-32-51-54(43-21-9-11-24-49(43)58-51)55-44-22-10-12-25-50(44)59-56(45)55)30-46(47)37-28-26-35(31-48(37)57)52-39-17-5-7-19-41(39)53(42-20-8-6-18-40(42)52)38-23-13-15-33-14-3-4-16-36(33)38/h3-32H,1-2H3. The minimum absolute atomic E-state index is 0.157. The maximum atomic E-state index is 2.51. The second-order valence-electron chi connectivity index (χ2n) is 16.7. The summed E-state index contributed by atoms with van der Waals surface area (Å²) >= 11 is 3.85. The van der Waals surface area contributed by atoms with Crippen LogP contribution in [-0.2, 0) is 5.41 Å². The summed E-state index contributed by atoms with van der Waals surface area (Å²) < 4.78 is 5.42. The van der Waals surface area contributed by atoms with E-state index in [0.717, 1.165) is 0 Å². The van der Waals surface area contributed by atoms with Gasteiger partial charge in [0.1, 0.15) is 0 Å². The zero-order chi connectivity index (χ0) is 39.0. The Hall–Kier alpha value is -6.58. The molecule has 0 aliphatic heterocycles. The van der Waals surface area contributed by atoms with Gasteiger partial charge in [0, 0.05) is 51.3 Å². The molecule has 0 nitrogen and oxygen atoms in total. The highest BCUT2D eigenvalue weighted by Crippen LogP contribution is 2.54. The van der Waals surface area contributed by atoms with E-state index in [1.807, 2.05) is 22.7 Å². The molecular weight excluding hydrogens is 749 g/mol. The molecule has 1 aliphatic rings. The molecule has 276 valence electrons. The highest BCUT2D eigenvalue weighted by molar-refractivity contribution is 7.28. The number of hydrogen-bond acceptors (Lipinski definition) is 2. The summed E-state index contributed by atoms with van der Waals surface area (Å²) in [5, 5.41) is 13.2. The van der Waals surface area contributed by atoms with Crippen molar-refractivity contribution in [1.29, 1.82) is 0 Å². The first kappa shape index (κ1) is 33.4. The topological polar surface area (TPSA) is 0 Å². The minimum atomic E-state index is -0.157. The van der Waals surface area contributed by atoms with Crippen molar-refractivity contribution in [2.24, 2.45) is 0 Å². The first-order valence-electron chi connectivity index (χ1n) is 20.5. The number of hydrogen-bond donors (Lipinski definition) is 0. The Morgan fingerprint density at radius 3 is 1.64 bits per heavy atom. The predicted molar refractivity (Wildman–Crippen MR) is 259 cm³/mol. The Morgan fingerprint density at radius 2 is 0.915 bits per heavy atom. The van der Waals surface area contributed by atoms with Crippen molar-refractivity contribution >= 4 is 95.3 Å². The first-order chi connectivity index (χ1) is 29.0. The Labute approximate surface area is 350 Å². The van der Waals surface area contributed by atoms with Gasteiger partial charge < -0.3 is 0 Å². The fraction of sp³-hybridized carbons (Fsp3) is 0.0526. The summed E-state index contributed by atoms with van der Waals surface area (Å²) in [6.07, 6.45) is 0. The van der Waals surface area contributed by atoms with Crippen molar-refractivity contribution in [2.75, 3.05) is 0 Å². The summed E-state index contributed by atoms with van der Waals surface area (Å²) in [6, 6.07) is 68.5. The molecule has 0 spiro atoms. The van der Waals surface area contributed by atoms with E-state index in [1.54, 1.807) is 0 Å². The predicted octanol–water partition coefficient (Wildman–Crippen LogP) is 17.2. The smallest absolute Gasteiger partial charge is 0.0441 e. The van der Waals surface area contributed by atoms with Crippen LogP contribution in [0.2, 0.25) is 0 Å². The molecule has 0 amide bonds. The number of fused-ring (bicyclic) bond motifs is 13. The number of thiophene rings is 2. The van der Waals surface area contributed by atoms with Crippen LogP contribution in [0.15, 0.2) is 182 Å². The molecule has 2 heterocycles. The molecule has 2 heteroatoms. The summed E-state index contributed by atoms with van der Waals surface area (Å²) in [7, 11) is 0. The third-order valence-electron chi connectivity index (χ3n) is 13.3. The van der Waals surface area contributed by atoms with Crippen LogP contribution in [0.25, 0.3) is 117 Å². The lowest BCUT2D eigenvalue weighted by atomic mass is 9.80. The van der Waals surface area contributed by atoms with Gasteiger partial charge in [0.15, 0.2) is 0 Å². The third kappa shape index (κ3) is 4.65. The molecule has 0 unspecified atom stereocenters. The highest BCUT2D eigenvalue weighted by Gasteiger charge is 2.36. The Morgan fingerprint density at radius 1 is 0.339 bits per heavy atom. The van der Waals surface area contributed by atoms with Gasteiger partial charge in [-0.3, -0.25) is 0 Å². The minimum Gasteiger partial charge on any atom is -0.135 e. The molecule has 0 radical (unpaired) electrons. The lowest BCUT2D eigenvalue weighted by Crippen LogP contribution is -2.15. The summed E-state index contributed by atoms with van der Waals surface area (Å²) in [5.41, 5.74) is 13.1. The van der Waals surface area contributed by atoms with E-state index in [0.29, 0.717) is 0 Å². The number of rotatable bonds is 3. The molecular formula is C57H36S2. The van der Waals surface area contributed by atoms with Gasteiger partial charge in [0.25, 0.3) is 0 Å². The van der Waals surface area contributed by atoms with Crippen LogP contribution >= 0.6 is 22.7 Å². The van der Waals surface area contributed by atoms with E-state index in [4.69, 9.17) is 0 Å². The van der Waals surface area contributed by atoms with Crippen LogP contribution in [0.1, 0.15) is 25.0 Å². The van der Waals surface area contributed by atoms with Crippen molar-refractivity contribution in [3.63, 3.8) is 0 Å². The second-order valence-corrected chi connectivity index (χ2v) is 18.8. The normalized spacial score (nSPS) is 13.4. The molecule has 0 bridgehead atoms. The average Bonchev–Trinajstić information content (AvgIpc) is 3.92. The quantitative estimate of drug-likeness (QED) is 0.157. The average molecular weight is 785 g/mol. The van der Waals surface area contributed by atoms with Crippen LogP contribution < -0.4 is 0 Å². The monoisotopic (exact) mass is 784 g/mol. The Kier molecular flexibility index (Phi) is 6.92. The van der Waals surface area contributed by atoms with Crippen LogP contribution in [0.4, 0.5) is 0 Å². The lowest BCUT2D eigenvalue weighted by Gasteiger charge is -2.23. The third-order valence-corrected chi connectivity index (χ3v) is 15.6. The van der Waals surface area contributed by atoms with Gasteiger partial charge >= 0.3 is 0 Å². The number of benzene rings is 10. The van der Waals surface area contributed by atoms with Crippen molar-refractivity contribution < 1.29 is 0 Å². The summed E-state index contributed by atoms with van der Waals surface area (Å²) in [4.78, 5) is 0. The van der Waals surface area contributed by atoms with Gasteiger partial charge in [0.2, 0.25) is 0 Å². The van der Waals surface area contributed by atoms with E-state index in [9.17, 15) is 0 Å². The fourth-order valence-corrected chi connectivity index (χ4v) is 13.0. The largest absolute Gasteiger partial charge is 0.135 e. The second kappa shape index (κ2) is 12.2. The molecule has 0 saturated heterocycles. The van der Waals surface area contributed by atoms with Crippen molar-refractivity contribution in [1.82, 2.24) is 0 Å². The van der Waals surface area contributed by atoms with Gasteiger partial charge in [0.05, 0.1) is 0 Å². The molecule has 1 aliphatic carbocycles. The molecule has 0 N–H and O–H groups in total. The lowest BCUT2D eigenvalue weighted by molar-refractivity contribution is 0.660. The summed E-state index contributed by atoms with van der Waals surface area (Å²) in [6.45, 7) is 4.82. The molecule has 12 aromatic rings. The van der Waals surface area contributed by atoms with Crippen LogP contribution in [0, 0.1) is 0 Å². The van der Waals surface area contributed by atoms with E-state index in [-0.39, 0.29) is 5.41 Å².